The average Bonchev–Trinajstić information content (AvgIpc) is 2.97. The van der Waals surface area contributed by atoms with Crippen molar-refractivity contribution in [2.45, 2.75) is 45.1 Å². The van der Waals surface area contributed by atoms with E-state index in [1.165, 1.54) is 32.1 Å². The molecule has 0 amide bonds. The predicted octanol–water partition coefficient (Wildman–Crippen LogP) is 4.53. The van der Waals surface area contributed by atoms with Gasteiger partial charge in [0, 0.05) is 30.2 Å². The SMILES string of the molecule is CCOc1cccc(Nc2nccn2C2CCCCC2)c1. The summed E-state index contributed by atoms with van der Waals surface area (Å²) in [5, 5.41) is 3.42. The fraction of sp³-hybridized carbons (Fsp3) is 0.471. The van der Waals surface area contributed by atoms with E-state index in [0.29, 0.717) is 12.6 Å². The van der Waals surface area contributed by atoms with Crippen LogP contribution in [0.5, 0.6) is 5.75 Å². The van der Waals surface area contributed by atoms with E-state index in [-0.39, 0.29) is 0 Å². The molecule has 1 heterocycles. The van der Waals surface area contributed by atoms with Crippen molar-refractivity contribution >= 4 is 11.6 Å². The molecule has 112 valence electrons. The lowest BCUT2D eigenvalue weighted by Crippen LogP contribution is -2.14. The highest BCUT2D eigenvalue weighted by molar-refractivity contribution is 5.56. The Morgan fingerprint density at radius 2 is 2.14 bits per heavy atom. The Labute approximate surface area is 126 Å². The Balaban J connectivity index is 1.75. The van der Waals surface area contributed by atoms with E-state index in [1.807, 2.05) is 37.4 Å². The third-order valence-corrected chi connectivity index (χ3v) is 4.04. The van der Waals surface area contributed by atoms with Gasteiger partial charge in [0.05, 0.1) is 6.61 Å². The third-order valence-electron chi connectivity index (χ3n) is 4.04. The maximum absolute atomic E-state index is 5.55. The lowest BCUT2D eigenvalue weighted by molar-refractivity contribution is 0.340. The van der Waals surface area contributed by atoms with E-state index in [9.17, 15) is 0 Å². The smallest absolute Gasteiger partial charge is 0.207 e. The Hall–Kier alpha value is -1.97. The summed E-state index contributed by atoms with van der Waals surface area (Å²) in [6.45, 7) is 2.68. The van der Waals surface area contributed by atoms with Crippen molar-refractivity contribution < 1.29 is 4.74 Å². The number of anilines is 2. The number of nitrogens with one attached hydrogen (secondary N) is 1. The normalized spacial score (nSPS) is 15.9. The summed E-state index contributed by atoms with van der Waals surface area (Å²) in [6.07, 6.45) is 10.5. The van der Waals surface area contributed by atoms with Crippen molar-refractivity contribution in [1.29, 1.82) is 0 Å². The van der Waals surface area contributed by atoms with Crippen LogP contribution in [0, 0.1) is 0 Å². The number of ether oxygens (including phenoxy) is 1. The number of hydrogen-bond donors (Lipinski definition) is 1. The number of benzene rings is 1. The Morgan fingerprint density at radius 1 is 1.29 bits per heavy atom. The molecule has 1 aliphatic carbocycles. The van der Waals surface area contributed by atoms with Gasteiger partial charge in [0.15, 0.2) is 0 Å². The van der Waals surface area contributed by atoms with Gasteiger partial charge >= 0.3 is 0 Å². The molecule has 0 bridgehead atoms. The summed E-state index contributed by atoms with van der Waals surface area (Å²) < 4.78 is 7.83. The molecule has 0 unspecified atom stereocenters. The molecule has 0 aliphatic heterocycles. The van der Waals surface area contributed by atoms with Crippen molar-refractivity contribution in [3.8, 4) is 5.75 Å². The largest absolute Gasteiger partial charge is 0.494 e. The van der Waals surface area contributed by atoms with E-state index in [2.05, 4.69) is 21.1 Å². The van der Waals surface area contributed by atoms with Gasteiger partial charge in [-0.25, -0.2) is 4.98 Å². The van der Waals surface area contributed by atoms with Crippen LogP contribution in [0.1, 0.15) is 45.1 Å². The third kappa shape index (κ3) is 3.38. The van der Waals surface area contributed by atoms with Gasteiger partial charge in [-0.1, -0.05) is 25.3 Å². The lowest BCUT2D eigenvalue weighted by atomic mass is 9.95. The molecule has 1 aliphatic rings. The topological polar surface area (TPSA) is 39.1 Å². The molecule has 1 N–H and O–H groups in total. The molecule has 1 aromatic carbocycles. The van der Waals surface area contributed by atoms with Gasteiger partial charge in [0.25, 0.3) is 0 Å². The molecule has 0 radical (unpaired) electrons. The van der Waals surface area contributed by atoms with Gasteiger partial charge < -0.3 is 14.6 Å². The summed E-state index contributed by atoms with van der Waals surface area (Å²) in [7, 11) is 0. The zero-order valence-electron chi connectivity index (χ0n) is 12.6. The monoisotopic (exact) mass is 285 g/mol. The number of nitrogens with zero attached hydrogens (tertiary/aromatic N) is 2. The maximum Gasteiger partial charge on any atom is 0.207 e. The van der Waals surface area contributed by atoms with Crippen molar-refractivity contribution in [3.05, 3.63) is 36.7 Å². The standard InChI is InChI=1S/C17H23N3O/c1-2-21-16-10-6-7-14(13-16)19-17-18-11-12-20(17)15-8-4-3-5-9-15/h6-7,10-13,15H,2-5,8-9H2,1H3,(H,18,19). The number of imidazole rings is 1. The van der Waals surface area contributed by atoms with E-state index < -0.39 is 0 Å². The summed E-state index contributed by atoms with van der Waals surface area (Å²) in [5.41, 5.74) is 1.02. The molecule has 3 rings (SSSR count). The van der Waals surface area contributed by atoms with Gasteiger partial charge in [-0.05, 0) is 31.9 Å². The highest BCUT2D eigenvalue weighted by Gasteiger charge is 2.17. The average molecular weight is 285 g/mol. The highest BCUT2D eigenvalue weighted by Crippen LogP contribution is 2.31. The molecular formula is C17H23N3O. The van der Waals surface area contributed by atoms with Crippen LogP contribution in [0.2, 0.25) is 0 Å². The maximum atomic E-state index is 5.55. The van der Waals surface area contributed by atoms with E-state index in [1.54, 1.807) is 0 Å². The van der Waals surface area contributed by atoms with E-state index in [4.69, 9.17) is 4.74 Å². The molecule has 4 heteroatoms. The minimum atomic E-state index is 0.582. The van der Waals surface area contributed by atoms with Crippen LogP contribution in [0.3, 0.4) is 0 Å². The van der Waals surface area contributed by atoms with Crippen LogP contribution in [0.15, 0.2) is 36.7 Å². The molecular weight excluding hydrogens is 262 g/mol. The predicted molar refractivity (Wildman–Crippen MR) is 85.2 cm³/mol. The van der Waals surface area contributed by atoms with E-state index >= 15 is 0 Å². The molecule has 0 atom stereocenters. The Kier molecular flexibility index (Phi) is 4.43. The van der Waals surface area contributed by atoms with Crippen LogP contribution < -0.4 is 10.1 Å². The van der Waals surface area contributed by atoms with Gasteiger partial charge in [0.2, 0.25) is 5.95 Å². The first-order chi connectivity index (χ1) is 10.4. The summed E-state index contributed by atoms with van der Waals surface area (Å²) in [5.74, 6) is 1.81. The molecule has 1 fully saturated rings. The summed E-state index contributed by atoms with van der Waals surface area (Å²) >= 11 is 0. The van der Waals surface area contributed by atoms with Crippen LogP contribution in [0.25, 0.3) is 0 Å². The van der Waals surface area contributed by atoms with Crippen molar-refractivity contribution in [1.82, 2.24) is 9.55 Å². The molecule has 4 nitrogen and oxygen atoms in total. The van der Waals surface area contributed by atoms with Gasteiger partial charge in [-0.3, -0.25) is 0 Å². The second-order valence-electron chi connectivity index (χ2n) is 5.54. The molecule has 1 aromatic heterocycles. The Bertz CT molecular complexity index is 573. The fourth-order valence-corrected chi connectivity index (χ4v) is 3.02. The second kappa shape index (κ2) is 6.66. The van der Waals surface area contributed by atoms with Crippen LogP contribution in [0.4, 0.5) is 11.6 Å². The fourth-order valence-electron chi connectivity index (χ4n) is 3.02. The van der Waals surface area contributed by atoms with E-state index in [0.717, 1.165) is 17.4 Å². The molecule has 0 spiro atoms. The quantitative estimate of drug-likeness (QED) is 0.877. The highest BCUT2D eigenvalue weighted by atomic mass is 16.5. The van der Waals surface area contributed by atoms with Gasteiger partial charge in [0.1, 0.15) is 5.75 Å². The number of hydrogen-bond acceptors (Lipinski definition) is 3. The minimum Gasteiger partial charge on any atom is -0.494 e. The molecule has 1 saturated carbocycles. The van der Waals surface area contributed by atoms with Crippen LogP contribution in [-0.4, -0.2) is 16.2 Å². The first kappa shape index (κ1) is 14.0. The van der Waals surface area contributed by atoms with Crippen molar-refractivity contribution in [2.24, 2.45) is 0 Å². The summed E-state index contributed by atoms with van der Waals surface area (Å²) in [4.78, 5) is 4.47. The summed E-state index contributed by atoms with van der Waals surface area (Å²) in [6, 6.07) is 8.62. The second-order valence-corrected chi connectivity index (χ2v) is 5.54. The lowest BCUT2D eigenvalue weighted by Gasteiger charge is -2.24. The molecule has 21 heavy (non-hydrogen) atoms. The first-order valence-corrected chi connectivity index (χ1v) is 7.89. The van der Waals surface area contributed by atoms with Crippen molar-refractivity contribution in [3.63, 3.8) is 0 Å². The van der Waals surface area contributed by atoms with Crippen LogP contribution >= 0.6 is 0 Å². The zero-order valence-corrected chi connectivity index (χ0v) is 12.6. The Morgan fingerprint density at radius 3 is 2.95 bits per heavy atom. The van der Waals surface area contributed by atoms with Gasteiger partial charge in [-0.15, -0.1) is 0 Å². The number of aromatic nitrogens is 2. The van der Waals surface area contributed by atoms with Crippen LogP contribution in [-0.2, 0) is 0 Å². The molecule has 2 aromatic rings. The minimum absolute atomic E-state index is 0.582. The van der Waals surface area contributed by atoms with Crippen molar-refractivity contribution in [2.75, 3.05) is 11.9 Å². The van der Waals surface area contributed by atoms with Gasteiger partial charge in [-0.2, -0.15) is 0 Å². The number of rotatable bonds is 5. The zero-order chi connectivity index (χ0) is 14.5. The first-order valence-electron chi connectivity index (χ1n) is 7.89. The molecule has 0 saturated heterocycles.